The summed E-state index contributed by atoms with van der Waals surface area (Å²) in [7, 11) is 0. The van der Waals surface area contributed by atoms with Crippen molar-refractivity contribution in [3.8, 4) is 28.1 Å². The van der Waals surface area contributed by atoms with Crippen molar-refractivity contribution in [2.45, 2.75) is 63.7 Å². The first-order valence-electron chi connectivity index (χ1n) is 26.1. The van der Waals surface area contributed by atoms with Crippen molar-refractivity contribution in [3.05, 3.63) is 247 Å². The minimum absolute atomic E-state index is 0. The zero-order valence-corrected chi connectivity index (χ0v) is 43.9. The maximum atomic E-state index is 5.25. The summed E-state index contributed by atoms with van der Waals surface area (Å²) >= 11 is 0. The van der Waals surface area contributed by atoms with Crippen LogP contribution in [0.3, 0.4) is 0 Å². The fourth-order valence-corrected chi connectivity index (χ4v) is 14.3. The molecule has 0 amide bonds. The zero-order valence-electron chi connectivity index (χ0n) is 41.6. The number of hydrogen-bond donors (Lipinski definition) is 0. The number of rotatable bonds is 9. The maximum absolute atomic E-state index is 5.25. The molecule has 8 aromatic carbocycles. The third-order valence-corrected chi connectivity index (χ3v) is 17.5. The van der Waals surface area contributed by atoms with Crippen LogP contribution >= 0.6 is 0 Å². The molecule has 73 heavy (non-hydrogen) atoms. The number of aryl methyl sites for hydroxylation is 1. The summed E-state index contributed by atoms with van der Waals surface area (Å²) in [4.78, 5) is 9.94. The molecule has 10 aromatic rings. The Morgan fingerprint density at radius 3 is 1.84 bits per heavy atom. The average molecular weight is 1130 g/mol. The van der Waals surface area contributed by atoms with Crippen molar-refractivity contribution in [2.24, 2.45) is 23.7 Å². The van der Waals surface area contributed by atoms with E-state index in [1.807, 2.05) is 0 Å². The molecule has 15 rings (SSSR count). The Morgan fingerprint density at radius 2 is 1.15 bits per heavy atom. The molecule has 4 aliphatic carbocycles. The van der Waals surface area contributed by atoms with Gasteiger partial charge in [-0.25, -0.2) is 4.98 Å². The van der Waals surface area contributed by atoms with E-state index in [0.29, 0.717) is 11.8 Å². The Labute approximate surface area is 444 Å². The van der Waals surface area contributed by atoms with Gasteiger partial charge in [0.25, 0.3) is 0 Å². The van der Waals surface area contributed by atoms with Crippen molar-refractivity contribution < 1.29 is 21.1 Å². The van der Waals surface area contributed by atoms with Crippen LogP contribution in [0.4, 0.5) is 22.7 Å². The van der Waals surface area contributed by atoms with E-state index in [1.54, 1.807) is 0 Å². The molecule has 2 aromatic heterocycles. The number of hydrogen-bond acceptors (Lipinski definition) is 3. The smallest absolute Gasteiger partial charge is 0.135 e. The second kappa shape index (κ2) is 17.9. The van der Waals surface area contributed by atoms with Crippen molar-refractivity contribution >= 4 is 44.6 Å². The third kappa shape index (κ3) is 7.30. The molecule has 1 aliphatic heterocycles. The van der Waals surface area contributed by atoms with Crippen LogP contribution in [-0.4, -0.2) is 9.55 Å². The van der Waals surface area contributed by atoms with Gasteiger partial charge in [0.15, 0.2) is 0 Å². The molecule has 0 N–H and O–H groups in total. The normalized spacial score (nSPS) is 20.9. The molecule has 5 aliphatic rings. The van der Waals surface area contributed by atoms with Crippen LogP contribution in [0.1, 0.15) is 73.8 Å². The Morgan fingerprint density at radius 1 is 0.548 bits per heavy atom. The van der Waals surface area contributed by atoms with Gasteiger partial charge in [0.05, 0.1) is 0 Å². The summed E-state index contributed by atoms with van der Waals surface area (Å²) in [5.74, 6) is 3.99. The van der Waals surface area contributed by atoms with Crippen LogP contribution in [0.25, 0.3) is 49.9 Å². The molecular formula is C68H57N4Pt-3. The zero-order chi connectivity index (χ0) is 48.1. The first-order valence-corrected chi connectivity index (χ1v) is 26.1. The number of para-hydroxylation sites is 4. The number of fused-ring (bicyclic) bond motifs is 4. The summed E-state index contributed by atoms with van der Waals surface area (Å²) in [6, 6.07) is 79.4. The van der Waals surface area contributed by atoms with Gasteiger partial charge in [-0.3, -0.25) is 0 Å². The summed E-state index contributed by atoms with van der Waals surface area (Å²) in [5.41, 5.74) is 17.2. The molecule has 0 saturated heterocycles. The Bertz CT molecular complexity index is 3600. The molecule has 4 bridgehead atoms. The SMILES string of the molecule is Cc1ccc(C2(c3ccnc(-n4c5[c-]c(C(C)(C)c6[c-]c(N7[CH-]N(c8c(-c9ccccc9)cccc8-c8ccccc8)c8ccccc87)ccc6)ccc5c5ccccc54)c3)C3CC4CC(C3)CC2C4)cc1.[Pt]. The molecule has 3 heterocycles. The summed E-state index contributed by atoms with van der Waals surface area (Å²) in [6.45, 7) is 9.11. The Hall–Kier alpha value is -7.00. The van der Waals surface area contributed by atoms with Crippen LogP contribution in [-0.2, 0) is 31.9 Å². The molecule has 0 spiro atoms. The van der Waals surface area contributed by atoms with Crippen molar-refractivity contribution in [3.63, 3.8) is 0 Å². The number of aromatic nitrogens is 2. The molecular weight excluding hydrogens is 1070 g/mol. The largest absolute Gasteiger partial charge is 0.493 e. The summed E-state index contributed by atoms with van der Waals surface area (Å²) in [5, 5.41) is 2.40. The van der Waals surface area contributed by atoms with Gasteiger partial charge in [0.2, 0.25) is 0 Å². The van der Waals surface area contributed by atoms with Gasteiger partial charge >= 0.3 is 0 Å². The number of nitrogens with zero attached hydrogens (tertiary/aromatic N) is 4. The molecule has 0 atom stereocenters. The quantitative estimate of drug-likeness (QED) is 0.135. The van der Waals surface area contributed by atoms with Gasteiger partial charge in [-0.15, -0.1) is 17.7 Å². The molecule has 5 heteroatoms. The molecule has 4 nitrogen and oxygen atoms in total. The van der Waals surface area contributed by atoms with E-state index in [1.165, 1.54) is 81.8 Å². The predicted molar refractivity (Wildman–Crippen MR) is 296 cm³/mol. The molecule has 4 saturated carbocycles. The van der Waals surface area contributed by atoms with E-state index < -0.39 is 5.41 Å². The van der Waals surface area contributed by atoms with E-state index >= 15 is 0 Å². The number of pyridine rings is 1. The molecule has 4 fully saturated rings. The van der Waals surface area contributed by atoms with Gasteiger partial charge in [0.1, 0.15) is 5.82 Å². The van der Waals surface area contributed by atoms with E-state index in [2.05, 4.69) is 254 Å². The number of benzene rings is 8. The van der Waals surface area contributed by atoms with Crippen molar-refractivity contribution in [1.29, 1.82) is 0 Å². The topological polar surface area (TPSA) is 24.3 Å². The number of anilines is 4. The standard InChI is InChI=1S/C68H57N4.Pt/c1-45-28-30-50(31-29-45)68(54-37-46-36-47(39-54)40-55(68)38-46)53-34-35-69-65(43-53)72-61-25-11-10-22-59(61)60-33-32-52(42-64(60)72)67(2,3)51-20-14-21-56(41-51)70-44-71(63-27-13-12-26-62(63)70)66-57(48-16-6-4-7-17-48)23-15-24-58(66)49-18-8-5-9-19-49;/h4-35,43-44,46-47,54-55H,36-40H2,1-3H3;/q-3;. The summed E-state index contributed by atoms with van der Waals surface area (Å²) < 4.78 is 2.40. The Kier molecular flexibility index (Phi) is 11.2. The average Bonchev–Trinajstić information content (AvgIpc) is 3.98. The van der Waals surface area contributed by atoms with Gasteiger partial charge < -0.3 is 14.4 Å². The van der Waals surface area contributed by atoms with Gasteiger partial charge in [-0.2, -0.15) is 53.6 Å². The predicted octanol–water partition coefficient (Wildman–Crippen LogP) is 16.9. The van der Waals surface area contributed by atoms with Crippen LogP contribution in [0.15, 0.2) is 200 Å². The third-order valence-electron chi connectivity index (χ3n) is 17.5. The minimum atomic E-state index is -0.448. The second-order valence-corrected chi connectivity index (χ2v) is 21.8. The Balaban J connectivity index is 0.00000516. The fourth-order valence-electron chi connectivity index (χ4n) is 14.3. The first kappa shape index (κ1) is 45.8. The van der Waals surface area contributed by atoms with Gasteiger partial charge in [0, 0.05) is 66.4 Å². The van der Waals surface area contributed by atoms with Crippen LogP contribution in [0.5, 0.6) is 0 Å². The van der Waals surface area contributed by atoms with Gasteiger partial charge in [-0.05, 0) is 126 Å². The molecule has 0 unspecified atom stereocenters. The van der Waals surface area contributed by atoms with Crippen molar-refractivity contribution in [1.82, 2.24) is 9.55 Å². The van der Waals surface area contributed by atoms with Crippen LogP contribution in [0, 0.1) is 49.4 Å². The van der Waals surface area contributed by atoms with E-state index in [9.17, 15) is 0 Å². The maximum Gasteiger partial charge on any atom is 0.135 e. The second-order valence-electron chi connectivity index (χ2n) is 21.8. The summed E-state index contributed by atoms with van der Waals surface area (Å²) in [6.07, 6.45) is 8.84. The minimum Gasteiger partial charge on any atom is -0.493 e. The first-order chi connectivity index (χ1) is 35.3. The monoisotopic (exact) mass is 1120 g/mol. The van der Waals surface area contributed by atoms with Crippen LogP contribution < -0.4 is 9.80 Å². The van der Waals surface area contributed by atoms with Crippen molar-refractivity contribution in [2.75, 3.05) is 9.80 Å². The molecule has 362 valence electrons. The van der Waals surface area contributed by atoms with Gasteiger partial charge in [-0.1, -0.05) is 158 Å². The van der Waals surface area contributed by atoms with E-state index in [-0.39, 0.29) is 26.5 Å². The molecule has 0 radical (unpaired) electrons. The fraction of sp³-hybridized carbons (Fsp3) is 0.206. The van der Waals surface area contributed by atoms with Crippen LogP contribution in [0.2, 0.25) is 0 Å². The van der Waals surface area contributed by atoms with E-state index in [0.717, 1.165) is 62.6 Å². The van der Waals surface area contributed by atoms with E-state index in [4.69, 9.17) is 4.98 Å².